The zero-order valence-electron chi connectivity index (χ0n) is 11.6. The van der Waals surface area contributed by atoms with Crippen molar-refractivity contribution in [2.24, 2.45) is 0 Å². The molecule has 1 heterocycles. The lowest BCUT2D eigenvalue weighted by atomic mass is 10.0. The van der Waals surface area contributed by atoms with Crippen molar-refractivity contribution in [3.8, 4) is 0 Å². The summed E-state index contributed by atoms with van der Waals surface area (Å²) in [4.78, 5) is 0.892. The average Bonchev–Trinajstić information content (AvgIpc) is 2.78. The van der Waals surface area contributed by atoms with Crippen LogP contribution in [0.5, 0.6) is 0 Å². The Bertz CT molecular complexity index is 623. The lowest BCUT2D eigenvalue weighted by Gasteiger charge is -2.19. The predicted octanol–water partition coefficient (Wildman–Crippen LogP) is 5.95. The maximum absolute atomic E-state index is 14.4. The van der Waals surface area contributed by atoms with Crippen LogP contribution in [0.15, 0.2) is 26.5 Å². The molecular weight excluding hydrogens is 424 g/mol. The highest BCUT2D eigenvalue weighted by Gasteiger charge is 2.25. The summed E-state index contributed by atoms with van der Waals surface area (Å²) in [5.74, 6) is -1.09. The summed E-state index contributed by atoms with van der Waals surface area (Å²) in [6.07, 6.45) is 0.888. The van der Waals surface area contributed by atoms with Crippen molar-refractivity contribution in [2.45, 2.75) is 26.3 Å². The molecule has 1 unspecified atom stereocenters. The summed E-state index contributed by atoms with van der Waals surface area (Å²) < 4.78 is 29.8. The monoisotopic (exact) mass is 437 g/mol. The van der Waals surface area contributed by atoms with Crippen molar-refractivity contribution in [2.75, 3.05) is 6.54 Å². The Kier molecular flexibility index (Phi) is 5.94. The van der Waals surface area contributed by atoms with E-state index in [-0.39, 0.29) is 10.0 Å². The molecule has 114 valence electrons. The van der Waals surface area contributed by atoms with Crippen molar-refractivity contribution in [3.63, 3.8) is 0 Å². The highest BCUT2D eigenvalue weighted by atomic mass is 79.9. The minimum absolute atomic E-state index is 0.0616. The number of rotatable bonds is 5. The molecule has 2 aromatic rings. The maximum atomic E-state index is 14.4. The smallest absolute Gasteiger partial charge is 0.145 e. The largest absolute Gasteiger partial charge is 0.305 e. The third-order valence-electron chi connectivity index (χ3n) is 3.13. The Balaban J connectivity index is 2.53. The van der Waals surface area contributed by atoms with E-state index in [2.05, 4.69) is 37.2 Å². The van der Waals surface area contributed by atoms with Crippen LogP contribution in [0.25, 0.3) is 0 Å². The summed E-state index contributed by atoms with van der Waals surface area (Å²) in [6, 6.07) is 4.15. The van der Waals surface area contributed by atoms with Gasteiger partial charge in [0.15, 0.2) is 0 Å². The number of hydrogen-bond donors (Lipinski definition) is 1. The second-order valence-corrected chi connectivity index (χ2v) is 8.01. The van der Waals surface area contributed by atoms with Gasteiger partial charge in [-0.3, -0.25) is 0 Å². The molecule has 1 aromatic carbocycles. The molecule has 1 N–H and O–H groups in total. The Morgan fingerprint density at radius 3 is 2.57 bits per heavy atom. The summed E-state index contributed by atoms with van der Waals surface area (Å²) >= 11 is 8.10. The number of aryl methyl sites for hydroxylation is 1. The molecule has 0 aliphatic carbocycles. The first-order valence-electron chi connectivity index (χ1n) is 6.58. The van der Waals surface area contributed by atoms with Crippen LogP contribution in [0.3, 0.4) is 0 Å². The first-order valence-corrected chi connectivity index (χ1v) is 8.98. The summed E-state index contributed by atoms with van der Waals surface area (Å²) in [7, 11) is 0. The molecule has 0 spiro atoms. The van der Waals surface area contributed by atoms with E-state index in [1.165, 1.54) is 23.5 Å². The molecular formula is C15H15Br2F2NS. The molecule has 0 aliphatic rings. The molecule has 0 saturated heterocycles. The SMILES string of the molecule is CCCNC(c1cc(C)c(Br)s1)c1c(F)ccc(Br)c1F. The minimum atomic E-state index is -0.550. The third kappa shape index (κ3) is 3.73. The first kappa shape index (κ1) is 17.1. The normalized spacial score (nSPS) is 12.7. The van der Waals surface area contributed by atoms with Crippen molar-refractivity contribution in [3.05, 3.63) is 54.1 Å². The van der Waals surface area contributed by atoms with Gasteiger partial charge >= 0.3 is 0 Å². The number of benzene rings is 1. The van der Waals surface area contributed by atoms with Crippen LogP contribution in [-0.4, -0.2) is 6.54 Å². The first-order chi connectivity index (χ1) is 9.95. The molecule has 0 aliphatic heterocycles. The predicted molar refractivity (Wildman–Crippen MR) is 91.0 cm³/mol. The Morgan fingerprint density at radius 2 is 2.00 bits per heavy atom. The van der Waals surface area contributed by atoms with E-state index in [9.17, 15) is 8.78 Å². The zero-order chi connectivity index (χ0) is 15.6. The molecule has 1 aromatic heterocycles. The fourth-order valence-electron chi connectivity index (χ4n) is 2.07. The highest BCUT2D eigenvalue weighted by Crippen LogP contribution is 2.37. The molecule has 0 amide bonds. The van der Waals surface area contributed by atoms with Gasteiger partial charge in [-0.2, -0.15) is 0 Å². The van der Waals surface area contributed by atoms with E-state index in [0.717, 1.165) is 20.6 Å². The van der Waals surface area contributed by atoms with Gasteiger partial charge in [0.05, 0.1) is 14.3 Å². The van der Waals surface area contributed by atoms with Crippen LogP contribution in [-0.2, 0) is 0 Å². The van der Waals surface area contributed by atoms with Crippen LogP contribution >= 0.6 is 43.2 Å². The van der Waals surface area contributed by atoms with Crippen molar-refractivity contribution in [1.82, 2.24) is 5.32 Å². The van der Waals surface area contributed by atoms with Crippen LogP contribution in [0.4, 0.5) is 8.78 Å². The number of halogens is 4. The van der Waals surface area contributed by atoms with Gasteiger partial charge < -0.3 is 5.32 Å². The van der Waals surface area contributed by atoms with Gasteiger partial charge in [-0.1, -0.05) is 6.92 Å². The van der Waals surface area contributed by atoms with Gasteiger partial charge in [0, 0.05) is 10.4 Å². The van der Waals surface area contributed by atoms with Crippen LogP contribution in [0.1, 0.15) is 35.4 Å². The fraction of sp³-hybridized carbons (Fsp3) is 0.333. The van der Waals surface area contributed by atoms with Crippen LogP contribution in [0, 0.1) is 18.6 Å². The van der Waals surface area contributed by atoms with Gasteiger partial charge in [-0.15, -0.1) is 11.3 Å². The standard InChI is InChI=1S/C15H15Br2F2NS/c1-3-6-20-14(11-7-8(2)15(17)21-11)12-10(18)5-4-9(16)13(12)19/h4-5,7,14,20H,3,6H2,1-2H3. The minimum Gasteiger partial charge on any atom is -0.305 e. The second kappa shape index (κ2) is 7.31. The fourth-order valence-corrected chi connectivity index (χ4v) is 4.07. The van der Waals surface area contributed by atoms with Crippen molar-refractivity contribution in [1.29, 1.82) is 0 Å². The molecule has 0 fully saturated rings. The summed E-state index contributed by atoms with van der Waals surface area (Å²) in [5, 5.41) is 3.24. The molecule has 2 rings (SSSR count). The van der Waals surface area contributed by atoms with E-state index >= 15 is 0 Å². The average molecular weight is 439 g/mol. The van der Waals surface area contributed by atoms with E-state index in [0.29, 0.717) is 6.54 Å². The van der Waals surface area contributed by atoms with E-state index < -0.39 is 17.7 Å². The third-order valence-corrected chi connectivity index (χ3v) is 5.94. The second-order valence-electron chi connectivity index (χ2n) is 4.75. The molecule has 21 heavy (non-hydrogen) atoms. The molecule has 0 bridgehead atoms. The van der Waals surface area contributed by atoms with Gasteiger partial charge in [-0.25, -0.2) is 8.78 Å². The van der Waals surface area contributed by atoms with Gasteiger partial charge in [-0.05, 0) is 75.5 Å². The van der Waals surface area contributed by atoms with Crippen LogP contribution in [0.2, 0.25) is 0 Å². The number of thiophene rings is 1. The van der Waals surface area contributed by atoms with Crippen LogP contribution < -0.4 is 5.32 Å². The summed E-state index contributed by atoms with van der Waals surface area (Å²) in [6.45, 7) is 4.67. The van der Waals surface area contributed by atoms with Gasteiger partial charge in [0.1, 0.15) is 11.6 Å². The van der Waals surface area contributed by atoms with E-state index in [4.69, 9.17) is 0 Å². The van der Waals surface area contributed by atoms with E-state index in [1.807, 2.05) is 19.9 Å². The van der Waals surface area contributed by atoms with Crippen molar-refractivity contribution >= 4 is 43.2 Å². The zero-order valence-corrected chi connectivity index (χ0v) is 15.6. The summed E-state index contributed by atoms with van der Waals surface area (Å²) in [5.41, 5.74) is 1.13. The lowest BCUT2D eigenvalue weighted by Crippen LogP contribution is -2.24. The molecule has 6 heteroatoms. The molecule has 1 atom stereocenters. The molecule has 0 radical (unpaired) electrons. The number of nitrogens with one attached hydrogen (secondary N) is 1. The van der Waals surface area contributed by atoms with Gasteiger partial charge in [0.25, 0.3) is 0 Å². The highest BCUT2D eigenvalue weighted by molar-refractivity contribution is 9.11. The van der Waals surface area contributed by atoms with Gasteiger partial charge in [0.2, 0.25) is 0 Å². The quantitative estimate of drug-likeness (QED) is 0.568. The van der Waals surface area contributed by atoms with E-state index in [1.54, 1.807) is 0 Å². The maximum Gasteiger partial charge on any atom is 0.145 e. The Morgan fingerprint density at radius 1 is 1.29 bits per heavy atom. The molecule has 1 nitrogen and oxygen atoms in total. The number of hydrogen-bond acceptors (Lipinski definition) is 2. The topological polar surface area (TPSA) is 12.0 Å². The van der Waals surface area contributed by atoms with Crippen molar-refractivity contribution < 1.29 is 8.78 Å². The lowest BCUT2D eigenvalue weighted by molar-refractivity contribution is 0.503. The molecule has 0 saturated carbocycles. The Labute approximate surface area is 144 Å². The Hall–Kier alpha value is -0.300.